The lowest BCUT2D eigenvalue weighted by Crippen LogP contribution is -2.14. The van der Waals surface area contributed by atoms with E-state index >= 15 is 0 Å². The van der Waals surface area contributed by atoms with Crippen LogP contribution in [0.5, 0.6) is 5.75 Å². The summed E-state index contributed by atoms with van der Waals surface area (Å²) >= 11 is 11.6. The van der Waals surface area contributed by atoms with Crippen molar-refractivity contribution in [3.05, 3.63) is 76.5 Å². The van der Waals surface area contributed by atoms with Crippen molar-refractivity contribution in [1.82, 2.24) is 9.78 Å². The van der Waals surface area contributed by atoms with Crippen LogP contribution in [0.1, 0.15) is 10.5 Å². The number of nitrogens with one attached hydrogen (secondary N) is 1. The van der Waals surface area contributed by atoms with E-state index in [0.717, 1.165) is 0 Å². The molecule has 2 aromatic carbocycles. The van der Waals surface area contributed by atoms with Crippen LogP contribution >= 0.6 is 23.2 Å². The molecule has 0 unspecified atom stereocenters. The van der Waals surface area contributed by atoms with Crippen molar-refractivity contribution in [2.45, 2.75) is 6.73 Å². The van der Waals surface area contributed by atoms with Crippen LogP contribution in [0.2, 0.25) is 10.0 Å². The van der Waals surface area contributed by atoms with Gasteiger partial charge in [0, 0.05) is 21.9 Å². The molecule has 1 aromatic heterocycles. The first-order chi connectivity index (χ1) is 11.6. The van der Waals surface area contributed by atoms with Crippen LogP contribution in [0.15, 0.2) is 60.8 Å². The van der Waals surface area contributed by atoms with Gasteiger partial charge in [0.25, 0.3) is 5.91 Å². The number of carbonyl (C=O) groups is 1. The minimum atomic E-state index is -0.303. The van der Waals surface area contributed by atoms with Gasteiger partial charge >= 0.3 is 0 Å². The normalized spacial score (nSPS) is 10.4. The largest absolute Gasteiger partial charge is 0.471 e. The van der Waals surface area contributed by atoms with Crippen molar-refractivity contribution in [2.75, 3.05) is 5.32 Å². The molecular formula is C17H13Cl2N3O2. The van der Waals surface area contributed by atoms with E-state index in [1.807, 2.05) is 0 Å². The number of amides is 1. The molecule has 0 spiro atoms. The summed E-state index contributed by atoms with van der Waals surface area (Å²) in [4.78, 5) is 12.1. The molecule has 3 aromatic rings. The number of benzene rings is 2. The Labute approximate surface area is 148 Å². The maximum absolute atomic E-state index is 12.1. The number of hydrogen-bond acceptors (Lipinski definition) is 3. The van der Waals surface area contributed by atoms with Crippen molar-refractivity contribution in [3.63, 3.8) is 0 Å². The maximum Gasteiger partial charge on any atom is 0.276 e. The summed E-state index contributed by atoms with van der Waals surface area (Å²) in [5.41, 5.74) is 0.945. The van der Waals surface area contributed by atoms with Gasteiger partial charge in [0.05, 0.1) is 0 Å². The Morgan fingerprint density at radius 3 is 2.29 bits per heavy atom. The van der Waals surface area contributed by atoms with Crippen molar-refractivity contribution < 1.29 is 9.53 Å². The molecule has 0 bridgehead atoms. The molecule has 0 saturated carbocycles. The lowest BCUT2D eigenvalue weighted by atomic mass is 10.3. The number of hydrogen-bond donors (Lipinski definition) is 1. The summed E-state index contributed by atoms with van der Waals surface area (Å²) in [6, 6.07) is 15.5. The second-order valence-electron chi connectivity index (χ2n) is 4.93. The molecule has 1 amide bonds. The Hall–Kier alpha value is -2.50. The Bertz CT molecular complexity index is 830. The van der Waals surface area contributed by atoms with Gasteiger partial charge in [0.15, 0.2) is 12.4 Å². The predicted octanol–water partition coefficient (Wildman–Crippen LogP) is 4.48. The van der Waals surface area contributed by atoms with Crippen molar-refractivity contribution in [1.29, 1.82) is 0 Å². The summed E-state index contributed by atoms with van der Waals surface area (Å²) in [7, 11) is 0. The Balaban J connectivity index is 1.59. The van der Waals surface area contributed by atoms with Crippen molar-refractivity contribution in [2.24, 2.45) is 0 Å². The molecule has 0 atom stereocenters. The quantitative estimate of drug-likeness (QED) is 0.728. The molecule has 0 radical (unpaired) electrons. The number of anilines is 1. The number of carbonyl (C=O) groups excluding carboxylic acids is 1. The molecule has 5 nitrogen and oxygen atoms in total. The van der Waals surface area contributed by atoms with Gasteiger partial charge < -0.3 is 10.1 Å². The third-order valence-electron chi connectivity index (χ3n) is 3.15. The number of halogens is 2. The highest BCUT2D eigenvalue weighted by molar-refractivity contribution is 6.30. The van der Waals surface area contributed by atoms with Gasteiger partial charge in [0.2, 0.25) is 0 Å². The summed E-state index contributed by atoms with van der Waals surface area (Å²) in [6.45, 7) is 0.190. The van der Waals surface area contributed by atoms with Gasteiger partial charge in [0.1, 0.15) is 5.75 Å². The first kappa shape index (κ1) is 16.4. The second-order valence-corrected chi connectivity index (χ2v) is 5.80. The zero-order valence-corrected chi connectivity index (χ0v) is 14.0. The average molecular weight is 362 g/mol. The summed E-state index contributed by atoms with van der Waals surface area (Å²) in [5, 5.41) is 8.18. The molecule has 3 rings (SSSR count). The van der Waals surface area contributed by atoms with Crippen LogP contribution < -0.4 is 10.1 Å². The minimum Gasteiger partial charge on any atom is -0.471 e. The maximum atomic E-state index is 12.1. The standard InChI is InChI=1S/C17H13Cl2N3O2/c18-12-1-5-14(6-2-12)20-17(23)16-9-10-22(21-16)11-24-15-7-3-13(19)4-8-15/h1-10H,11H2,(H,20,23). The van der Waals surface area contributed by atoms with E-state index in [2.05, 4.69) is 10.4 Å². The fraction of sp³-hybridized carbons (Fsp3) is 0.0588. The molecule has 0 aliphatic heterocycles. The lowest BCUT2D eigenvalue weighted by molar-refractivity contribution is 0.102. The van der Waals surface area contributed by atoms with Crippen molar-refractivity contribution in [3.8, 4) is 5.75 Å². The molecule has 1 heterocycles. The Morgan fingerprint density at radius 2 is 1.62 bits per heavy atom. The predicted molar refractivity (Wildman–Crippen MR) is 93.7 cm³/mol. The zero-order chi connectivity index (χ0) is 16.9. The molecule has 0 fully saturated rings. The van der Waals surface area contributed by atoms with E-state index in [1.165, 1.54) is 4.68 Å². The number of ether oxygens (including phenoxy) is 1. The first-order valence-corrected chi connectivity index (χ1v) is 7.84. The minimum absolute atomic E-state index is 0.190. The summed E-state index contributed by atoms with van der Waals surface area (Å²) in [5.74, 6) is 0.365. The van der Waals surface area contributed by atoms with Crippen LogP contribution in [0.3, 0.4) is 0 Å². The van der Waals surface area contributed by atoms with Crippen LogP contribution in [0.25, 0.3) is 0 Å². The smallest absolute Gasteiger partial charge is 0.276 e. The Morgan fingerprint density at radius 1 is 1.00 bits per heavy atom. The molecule has 0 saturated heterocycles. The van der Waals surface area contributed by atoms with Gasteiger partial charge in [-0.2, -0.15) is 5.10 Å². The highest BCUT2D eigenvalue weighted by Gasteiger charge is 2.10. The first-order valence-electron chi connectivity index (χ1n) is 7.09. The number of rotatable bonds is 5. The molecule has 1 N–H and O–H groups in total. The topological polar surface area (TPSA) is 56.2 Å². The molecule has 122 valence electrons. The van der Waals surface area contributed by atoms with E-state index in [-0.39, 0.29) is 12.6 Å². The van der Waals surface area contributed by atoms with Gasteiger partial charge in [-0.15, -0.1) is 0 Å². The van der Waals surface area contributed by atoms with E-state index < -0.39 is 0 Å². The molecule has 0 aliphatic rings. The van der Waals surface area contributed by atoms with E-state index in [0.29, 0.717) is 27.2 Å². The van der Waals surface area contributed by atoms with Gasteiger partial charge in [-0.1, -0.05) is 23.2 Å². The summed E-state index contributed by atoms with van der Waals surface area (Å²) in [6.07, 6.45) is 1.67. The Kier molecular flexibility index (Phi) is 5.03. The fourth-order valence-electron chi connectivity index (χ4n) is 1.95. The van der Waals surface area contributed by atoms with E-state index in [1.54, 1.807) is 60.8 Å². The fourth-order valence-corrected chi connectivity index (χ4v) is 2.21. The van der Waals surface area contributed by atoms with E-state index in [4.69, 9.17) is 27.9 Å². The van der Waals surface area contributed by atoms with Crippen LogP contribution in [-0.4, -0.2) is 15.7 Å². The monoisotopic (exact) mass is 361 g/mol. The number of aromatic nitrogens is 2. The summed E-state index contributed by atoms with van der Waals surface area (Å²) < 4.78 is 7.10. The molecule has 7 heteroatoms. The van der Waals surface area contributed by atoms with Crippen LogP contribution in [0.4, 0.5) is 5.69 Å². The van der Waals surface area contributed by atoms with Crippen LogP contribution in [-0.2, 0) is 6.73 Å². The molecule has 24 heavy (non-hydrogen) atoms. The SMILES string of the molecule is O=C(Nc1ccc(Cl)cc1)c1ccn(COc2ccc(Cl)cc2)n1. The zero-order valence-electron chi connectivity index (χ0n) is 12.4. The molecule has 0 aliphatic carbocycles. The highest BCUT2D eigenvalue weighted by Crippen LogP contribution is 2.16. The van der Waals surface area contributed by atoms with Crippen LogP contribution in [0, 0.1) is 0 Å². The van der Waals surface area contributed by atoms with Crippen molar-refractivity contribution >= 4 is 34.8 Å². The lowest BCUT2D eigenvalue weighted by Gasteiger charge is -2.06. The van der Waals surface area contributed by atoms with Gasteiger partial charge in [-0.05, 0) is 54.6 Å². The number of nitrogens with zero attached hydrogens (tertiary/aromatic N) is 2. The third kappa shape index (κ3) is 4.28. The second kappa shape index (κ2) is 7.38. The average Bonchev–Trinajstić information content (AvgIpc) is 3.06. The van der Waals surface area contributed by atoms with Gasteiger partial charge in [-0.3, -0.25) is 4.79 Å². The third-order valence-corrected chi connectivity index (χ3v) is 3.66. The van der Waals surface area contributed by atoms with E-state index in [9.17, 15) is 4.79 Å². The molecular weight excluding hydrogens is 349 g/mol. The van der Waals surface area contributed by atoms with Gasteiger partial charge in [-0.25, -0.2) is 4.68 Å². The highest BCUT2D eigenvalue weighted by atomic mass is 35.5.